The zero-order chi connectivity index (χ0) is 14.6. The van der Waals surface area contributed by atoms with Gasteiger partial charge in [-0.3, -0.25) is 10.1 Å². The highest BCUT2D eigenvalue weighted by Crippen LogP contribution is 2.25. The maximum Gasteiger partial charge on any atom is 0.338 e. The van der Waals surface area contributed by atoms with Crippen LogP contribution in [0.3, 0.4) is 0 Å². The Bertz CT molecular complexity index is 608. The van der Waals surface area contributed by atoms with Crippen LogP contribution in [0.2, 0.25) is 0 Å². The second-order valence-electron chi connectivity index (χ2n) is 3.85. The molecule has 1 aromatic rings. The number of nitrogens with zero attached hydrogens (tertiary/aromatic N) is 1. The van der Waals surface area contributed by atoms with Gasteiger partial charge in [0.05, 0.1) is 17.1 Å². The van der Waals surface area contributed by atoms with Gasteiger partial charge in [0, 0.05) is 12.3 Å². The Morgan fingerprint density at radius 3 is 2.53 bits per heavy atom. The van der Waals surface area contributed by atoms with Crippen LogP contribution in [-0.4, -0.2) is 32.2 Å². The van der Waals surface area contributed by atoms with E-state index >= 15 is 0 Å². The molecule has 0 atom stereocenters. The molecule has 0 bridgehead atoms. The van der Waals surface area contributed by atoms with Crippen LogP contribution >= 0.6 is 0 Å². The molecular weight excluding hydrogens is 274 g/mol. The maximum absolute atomic E-state index is 11.5. The molecule has 0 fully saturated rings. The van der Waals surface area contributed by atoms with E-state index in [1.807, 2.05) is 6.92 Å². The number of sulfone groups is 1. The summed E-state index contributed by atoms with van der Waals surface area (Å²) >= 11 is 0. The Morgan fingerprint density at radius 2 is 2.05 bits per heavy atom. The first-order valence-corrected chi connectivity index (χ1v) is 7.32. The summed E-state index contributed by atoms with van der Waals surface area (Å²) in [4.78, 5) is 21.1. The third-order valence-electron chi connectivity index (χ3n) is 2.23. The average Bonchev–Trinajstić information content (AvgIpc) is 2.34. The predicted molar refractivity (Wildman–Crippen MR) is 66.8 cm³/mol. The summed E-state index contributed by atoms with van der Waals surface area (Å²) in [7, 11) is -3.73. The summed E-state index contributed by atoms with van der Waals surface area (Å²) in [5.41, 5.74) is -0.680. The summed E-state index contributed by atoms with van der Waals surface area (Å²) in [5, 5.41) is 10.8. The molecule has 1 rings (SSSR count). The normalized spacial score (nSPS) is 11.1. The van der Waals surface area contributed by atoms with Crippen molar-refractivity contribution >= 4 is 21.5 Å². The van der Waals surface area contributed by atoms with E-state index in [9.17, 15) is 23.3 Å². The first-order chi connectivity index (χ1) is 8.77. The highest BCUT2D eigenvalue weighted by Gasteiger charge is 2.24. The molecule has 0 spiro atoms. The van der Waals surface area contributed by atoms with E-state index in [2.05, 4.69) is 0 Å². The number of nitro groups is 1. The van der Waals surface area contributed by atoms with Crippen LogP contribution in [0.4, 0.5) is 5.69 Å². The van der Waals surface area contributed by atoms with Gasteiger partial charge in [0.25, 0.3) is 5.69 Å². The van der Waals surface area contributed by atoms with Crippen LogP contribution in [0.1, 0.15) is 23.7 Å². The number of ether oxygens (including phenoxy) is 1. The van der Waals surface area contributed by atoms with Crippen molar-refractivity contribution in [2.45, 2.75) is 18.2 Å². The number of carbonyl (C=O) groups excluding carboxylic acids is 1. The van der Waals surface area contributed by atoms with Gasteiger partial charge < -0.3 is 4.74 Å². The van der Waals surface area contributed by atoms with Gasteiger partial charge in [-0.15, -0.1) is 0 Å². The Balaban J connectivity index is 3.25. The van der Waals surface area contributed by atoms with E-state index in [0.29, 0.717) is 6.42 Å². The molecule has 0 heterocycles. The van der Waals surface area contributed by atoms with E-state index in [1.165, 1.54) is 6.07 Å². The number of carbonyl (C=O) groups is 1. The number of esters is 1. The first kappa shape index (κ1) is 15.1. The molecule has 0 aliphatic rings. The van der Waals surface area contributed by atoms with Crippen LogP contribution in [0, 0.1) is 10.1 Å². The monoisotopic (exact) mass is 287 g/mol. The largest absolute Gasteiger partial charge is 0.462 e. The van der Waals surface area contributed by atoms with Crippen LogP contribution in [-0.2, 0) is 14.6 Å². The Morgan fingerprint density at radius 1 is 1.42 bits per heavy atom. The lowest BCUT2D eigenvalue weighted by Gasteiger charge is -2.05. The zero-order valence-electron chi connectivity index (χ0n) is 10.5. The number of benzene rings is 1. The van der Waals surface area contributed by atoms with Crippen LogP contribution in [0.5, 0.6) is 0 Å². The van der Waals surface area contributed by atoms with Crippen molar-refractivity contribution < 1.29 is 22.9 Å². The number of rotatable bonds is 5. The topological polar surface area (TPSA) is 104 Å². The summed E-state index contributed by atoms with van der Waals surface area (Å²) in [5.74, 6) is -0.718. The Hall–Kier alpha value is -1.96. The van der Waals surface area contributed by atoms with Crippen LogP contribution < -0.4 is 0 Å². The second kappa shape index (κ2) is 5.79. The Kier molecular flexibility index (Phi) is 4.60. The molecule has 0 aliphatic heterocycles. The minimum atomic E-state index is -3.73. The molecule has 1 aromatic carbocycles. The van der Waals surface area contributed by atoms with E-state index in [1.54, 1.807) is 0 Å². The quantitative estimate of drug-likeness (QED) is 0.462. The van der Waals surface area contributed by atoms with Gasteiger partial charge >= 0.3 is 5.97 Å². The lowest BCUT2D eigenvalue weighted by atomic mass is 10.2. The minimum absolute atomic E-state index is 0.0486. The van der Waals surface area contributed by atoms with E-state index in [0.717, 1.165) is 18.4 Å². The standard InChI is InChI=1S/C11H13NO6S/c1-3-6-18-11(13)8-4-5-10(19(2,16)17)9(7-8)12(14)15/h4-5,7H,3,6H2,1-2H3. The fraction of sp³-hybridized carbons (Fsp3) is 0.364. The minimum Gasteiger partial charge on any atom is -0.462 e. The van der Waals surface area contributed by atoms with Gasteiger partial charge in [0.2, 0.25) is 0 Å². The molecule has 104 valence electrons. The first-order valence-electron chi connectivity index (χ1n) is 5.43. The molecule has 0 saturated heterocycles. The molecule has 7 nitrogen and oxygen atoms in total. The molecule has 0 unspecified atom stereocenters. The van der Waals surface area contributed by atoms with E-state index in [4.69, 9.17) is 4.74 Å². The maximum atomic E-state index is 11.5. The van der Waals surface area contributed by atoms with Gasteiger partial charge in [-0.1, -0.05) is 6.92 Å². The molecule has 0 N–H and O–H groups in total. The fourth-order valence-electron chi connectivity index (χ4n) is 1.38. The van der Waals surface area contributed by atoms with Gasteiger partial charge in [0.15, 0.2) is 9.84 Å². The number of nitro benzene ring substituents is 1. The molecule has 0 radical (unpaired) electrons. The SMILES string of the molecule is CCCOC(=O)c1ccc(S(C)(=O)=O)c([N+](=O)[O-])c1. The van der Waals surface area contributed by atoms with Crippen molar-refractivity contribution in [2.75, 3.05) is 12.9 Å². The van der Waals surface area contributed by atoms with Gasteiger partial charge in [-0.2, -0.15) is 0 Å². The van der Waals surface area contributed by atoms with E-state index < -0.39 is 31.3 Å². The molecule has 19 heavy (non-hydrogen) atoms. The van der Waals surface area contributed by atoms with E-state index in [-0.39, 0.29) is 12.2 Å². The summed E-state index contributed by atoms with van der Waals surface area (Å²) in [6.45, 7) is 2.00. The van der Waals surface area contributed by atoms with Crippen molar-refractivity contribution in [3.05, 3.63) is 33.9 Å². The summed E-state index contributed by atoms with van der Waals surface area (Å²) in [6.07, 6.45) is 1.49. The summed E-state index contributed by atoms with van der Waals surface area (Å²) in [6, 6.07) is 3.14. The fourth-order valence-corrected chi connectivity index (χ4v) is 2.21. The van der Waals surface area contributed by atoms with Crippen LogP contribution in [0.15, 0.2) is 23.1 Å². The van der Waals surface area contributed by atoms with Crippen LogP contribution in [0.25, 0.3) is 0 Å². The molecule has 0 saturated carbocycles. The summed E-state index contributed by atoms with van der Waals surface area (Å²) < 4.78 is 27.6. The third-order valence-corrected chi connectivity index (χ3v) is 3.37. The smallest absolute Gasteiger partial charge is 0.338 e. The predicted octanol–water partition coefficient (Wildman–Crippen LogP) is 1.57. The average molecular weight is 287 g/mol. The molecule has 0 aliphatic carbocycles. The lowest BCUT2D eigenvalue weighted by molar-refractivity contribution is -0.387. The third kappa shape index (κ3) is 3.75. The Labute approximate surface area is 110 Å². The highest BCUT2D eigenvalue weighted by molar-refractivity contribution is 7.90. The number of hydrogen-bond donors (Lipinski definition) is 0. The number of hydrogen-bond acceptors (Lipinski definition) is 6. The highest BCUT2D eigenvalue weighted by atomic mass is 32.2. The molecule has 0 aromatic heterocycles. The van der Waals surface area contributed by atoms with Crippen molar-refractivity contribution in [1.29, 1.82) is 0 Å². The molecule has 0 amide bonds. The molecule has 8 heteroatoms. The molecular formula is C11H13NO6S. The van der Waals surface area contributed by atoms with Crippen molar-refractivity contribution in [3.8, 4) is 0 Å². The van der Waals surface area contributed by atoms with Crippen molar-refractivity contribution in [2.24, 2.45) is 0 Å². The van der Waals surface area contributed by atoms with Gasteiger partial charge in [0.1, 0.15) is 4.90 Å². The van der Waals surface area contributed by atoms with Crippen molar-refractivity contribution in [1.82, 2.24) is 0 Å². The lowest BCUT2D eigenvalue weighted by Crippen LogP contribution is -2.09. The zero-order valence-corrected chi connectivity index (χ0v) is 11.3. The van der Waals surface area contributed by atoms with Gasteiger partial charge in [-0.05, 0) is 18.6 Å². The second-order valence-corrected chi connectivity index (χ2v) is 5.83. The van der Waals surface area contributed by atoms with Gasteiger partial charge in [-0.25, -0.2) is 13.2 Å². The van der Waals surface area contributed by atoms with Crippen molar-refractivity contribution in [3.63, 3.8) is 0 Å².